The van der Waals surface area contributed by atoms with E-state index in [9.17, 15) is 9.90 Å². The summed E-state index contributed by atoms with van der Waals surface area (Å²) in [5.41, 5.74) is 3.00. The second-order valence-electron chi connectivity index (χ2n) is 5.20. The van der Waals surface area contributed by atoms with Crippen LogP contribution < -0.4 is 5.32 Å². The Bertz CT molecular complexity index is 582. The third-order valence-electron chi connectivity index (χ3n) is 3.51. The van der Waals surface area contributed by atoms with Gasteiger partial charge in [-0.15, -0.1) is 0 Å². The Hall–Kier alpha value is -2.17. The van der Waals surface area contributed by atoms with Crippen molar-refractivity contribution in [3.8, 4) is 0 Å². The minimum absolute atomic E-state index is 0.0805. The number of carbonyl (C=O) groups is 1. The molecule has 2 rings (SSSR count). The summed E-state index contributed by atoms with van der Waals surface area (Å²) in [6, 6.07) is 17.8. The Morgan fingerprint density at radius 3 is 2.14 bits per heavy atom. The first kappa shape index (κ1) is 16.2. The maximum atomic E-state index is 11.5. The minimum Gasteiger partial charge on any atom is -0.395 e. The molecule has 0 heterocycles. The van der Waals surface area contributed by atoms with Crippen LogP contribution in [0.4, 0.5) is 0 Å². The standard InChI is InChI=1S/C18H22N2O2/c1-19-18(22)17-9-7-16(8-10-17)14-20(11-12-21)13-15-5-3-2-4-6-15/h2-10,21H,11-14H2,1H3,(H,19,22). The molecule has 0 aliphatic carbocycles. The number of nitrogens with zero attached hydrogens (tertiary/aromatic N) is 1. The number of aliphatic hydroxyl groups excluding tert-OH is 1. The Labute approximate surface area is 131 Å². The van der Waals surface area contributed by atoms with Gasteiger partial charge in [-0.25, -0.2) is 0 Å². The zero-order valence-corrected chi connectivity index (χ0v) is 12.8. The smallest absolute Gasteiger partial charge is 0.251 e. The summed E-state index contributed by atoms with van der Waals surface area (Å²) in [7, 11) is 1.62. The van der Waals surface area contributed by atoms with Crippen LogP contribution in [0, 0.1) is 0 Å². The number of carbonyl (C=O) groups excluding carboxylic acids is 1. The number of benzene rings is 2. The first-order valence-corrected chi connectivity index (χ1v) is 7.41. The molecule has 0 atom stereocenters. The van der Waals surface area contributed by atoms with Crippen molar-refractivity contribution >= 4 is 5.91 Å². The van der Waals surface area contributed by atoms with E-state index in [-0.39, 0.29) is 12.5 Å². The molecule has 2 aromatic rings. The van der Waals surface area contributed by atoms with E-state index in [1.54, 1.807) is 7.05 Å². The molecule has 1 amide bonds. The zero-order valence-electron chi connectivity index (χ0n) is 12.8. The fraction of sp³-hybridized carbons (Fsp3) is 0.278. The van der Waals surface area contributed by atoms with E-state index in [4.69, 9.17) is 0 Å². The quantitative estimate of drug-likeness (QED) is 0.822. The van der Waals surface area contributed by atoms with E-state index < -0.39 is 0 Å². The van der Waals surface area contributed by atoms with Crippen LogP contribution in [0.2, 0.25) is 0 Å². The largest absolute Gasteiger partial charge is 0.395 e. The highest BCUT2D eigenvalue weighted by molar-refractivity contribution is 5.93. The van der Waals surface area contributed by atoms with Crippen LogP contribution in [0.5, 0.6) is 0 Å². The first-order valence-electron chi connectivity index (χ1n) is 7.41. The van der Waals surface area contributed by atoms with E-state index in [2.05, 4.69) is 22.3 Å². The van der Waals surface area contributed by atoms with Crippen LogP contribution in [0.25, 0.3) is 0 Å². The highest BCUT2D eigenvalue weighted by Gasteiger charge is 2.08. The molecule has 0 fully saturated rings. The predicted octanol–water partition coefficient (Wildman–Crippen LogP) is 2.04. The van der Waals surface area contributed by atoms with Crippen molar-refractivity contribution in [3.05, 3.63) is 71.3 Å². The van der Waals surface area contributed by atoms with Gasteiger partial charge in [-0.2, -0.15) is 0 Å². The van der Waals surface area contributed by atoms with Crippen LogP contribution in [0.1, 0.15) is 21.5 Å². The summed E-state index contributed by atoms with van der Waals surface area (Å²) in [4.78, 5) is 13.7. The van der Waals surface area contributed by atoms with Crippen molar-refractivity contribution in [1.82, 2.24) is 10.2 Å². The van der Waals surface area contributed by atoms with Crippen molar-refractivity contribution in [2.45, 2.75) is 13.1 Å². The Morgan fingerprint density at radius 1 is 1.00 bits per heavy atom. The number of hydrogen-bond donors (Lipinski definition) is 2. The summed E-state index contributed by atoms with van der Waals surface area (Å²) >= 11 is 0. The molecule has 0 radical (unpaired) electrons. The molecule has 2 aromatic carbocycles. The molecule has 116 valence electrons. The number of amides is 1. The number of rotatable bonds is 7. The molecule has 2 N–H and O–H groups in total. The molecule has 4 heteroatoms. The van der Waals surface area contributed by atoms with Crippen molar-refractivity contribution < 1.29 is 9.90 Å². The lowest BCUT2D eigenvalue weighted by atomic mass is 10.1. The maximum absolute atomic E-state index is 11.5. The summed E-state index contributed by atoms with van der Waals surface area (Å²) in [5, 5.41) is 11.9. The fourth-order valence-electron chi connectivity index (χ4n) is 2.36. The highest BCUT2D eigenvalue weighted by atomic mass is 16.3. The van der Waals surface area contributed by atoms with Crippen LogP contribution >= 0.6 is 0 Å². The van der Waals surface area contributed by atoms with Crippen molar-refractivity contribution in [2.75, 3.05) is 20.2 Å². The molecule has 0 saturated carbocycles. The third kappa shape index (κ3) is 4.69. The van der Waals surface area contributed by atoms with Crippen LogP contribution in [-0.4, -0.2) is 36.1 Å². The van der Waals surface area contributed by atoms with Crippen LogP contribution in [0.15, 0.2) is 54.6 Å². The Balaban J connectivity index is 2.02. The molecule has 22 heavy (non-hydrogen) atoms. The van der Waals surface area contributed by atoms with Gasteiger partial charge in [-0.1, -0.05) is 42.5 Å². The van der Waals surface area contributed by atoms with Gasteiger partial charge in [0.2, 0.25) is 0 Å². The maximum Gasteiger partial charge on any atom is 0.251 e. The molecular weight excluding hydrogens is 276 g/mol. The normalized spacial score (nSPS) is 10.7. The summed E-state index contributed by atoms with van der Waals surface area (Å²) in [6.45, 7) is 2.28. The molecular formula is C18H22N2O2. The third-order valence-corrected chi connectivity index (χ3v) is 3.51. The Morgan fingerprint density at radius 2 is 1.59 bits per heavy atom. The molecule has 0 saturated heterocycles. The number of aliphatic hydroxyl groups is 1. The Kier molecular flexibility index (Phi) is 6.13. The van der Waals surface area contributed by atoms with Gasteiger partial charge < -0.3 is 10.4 Å². The van der Waals surface area contributed by atoms with Gasteiger partial charge >= 0.3 is 0 Å². The summed E-state index contributed by atoms with van der Waals surface area (Å²) in [6.07, 6.45) is 0. The second-order valence-corrected chi connectivity index (χ2v) is 5.20. The van der Waals surface area contributed by atoms with E-state index >= 15 is 0 Å². The zero-order chi connectivity index (χ0) is 15.8. The molecule has 0 aliphatic heterocycles. The number of hydrogen-bond acceptors (Lipinski definition) is 3. The van der Waals surface area contributed by atoms with E-state index in [1.807, 2.05) is 42.5 Å². The minimum atomic E-state index is -0.0805. The van der Waals surface area contributed by atoms with E-state index in [1.165, 1.54) is 5.56 Å². The number of nitrogens with one attached hydrogen (secondary N) is 1. The van der Waals surface area contributed by atoms with Crippen molar-refractivity contribution in [3.63, 3.8) is 0 Å². The van der Waals surface area contributed by atoms with Gasteiger partial charge in [0.25, 0.3) is 5.91 Å². The second kappa shape index (κ2) is 8.32. The highest BCUT2D eigenvalue weighted by Crippen LogP contribution is 2.11. The van der Waals surface area contributed by atoms with Crippen LogP contribution in [0.3, 0.4) is 0 Å². The van der Waals surface area contributed by atoms with Gasteiger partial charge in [-0.05, 0) is 23.3 Å². The molecule has 0 unspecified atom stereocenters. The average Bonchev–Trinajstić information content (AvgIpc) is 2.56. The summed E-state index contributed by atoms with van der Waals surface area (Å²) in [5.74, 6) is -0.0805. The van der Waals surface area contributed by atoms with Crippen LogP contribution in [-0.2, 0) is 13.1 Å². The SMILES string of the molecule is CNC(=O)c1ccc(CN(CCO)Cc2ccccc2)cc1. The van der Waals surface area contributed by atoms with Gasteiger partial charge in [-0.3, -0.25) is 9.69 Å². The molecule has 0 aliphatic rings. The molecule has 0 bridgehead atoms. The lowest BCUT2D eigenvalue weighted by Gasteiger charge is -2.21. The van der Waals surface area contributed by atoms with E-state index in [0.29, 0.717) is 12.1 Å². The fourth-order valence-corrected chi connectivity index (χ4v) is 2.36. The van der Waals surface area contributed by atoms with Gasteiger partial charge in [0.05, 0.1) is 6.61 Å². The van der Waals surface area contributed by atoms with Gasteiger partial charge in [0.15, 0.2) is 0 Å². The molecule has 4 nitrogen and oxygen atoms in total. The molecule has 0 spiro atoms. The van der Waals surface area contributed by atoms with Crippen molar-refractivity contribution in [1.29, 1.82) is 0 Å². The lowest BCUT2D eigenvalue weighted by Crippen LogP contribution is -2.26. The molecule has 0 aromatic heterocycles. The first-order chi connectivity index (χ1) is 10.7. The summed E-state index contributed by atoms with van der Waals surface area (Å²) < 4.78 is 0. The topological polar surface area (TPSA) is 52.6 Å². The lowest BCUT2D eigenvalue weighted by molar-refractivity contribution is 0.0963. The van der Waals surface area contributed by atoms with Gasteiger partial charge in [0, 0.05) is 32.2 Å². The predicted molar refractivity (Wildman–Crippen MR) is 87.5 cm³/mol. The monoisotopic (exact) mass is 298 g/mol. The van der Waals surface area contributed by atoms with Crippen molar-refractivity contribution in [2.24, 2.45) is 0 Å². The van der Waals surface area contributed by atoms with Gasteiger partial charge in [0.1, 0.15) is 0 Å². The van der Waals surface area contributed by atoms with E-state index in [0.717, 1.165) is 18.7 Å². The average molecular weight is 298 g/mol.